The van der Waals surface area contributed by atoms with Crippen LogP contribution < -0.4 is 10.6 Å². The van der Waals surface area contributed by atoms with Gasteiger partial charge in [-0.05, 0) is 37.0 Å². The maximum atomic E-state index is 12.9. The molecule has 0 saturated heterocycles. The van der Waals surface area contributed by atoms with E-state index in [0.29, 0.717) is 24.1 Å². The first-order valence-corrected chi connectivity index (χ1v) is 13.2. The van der Waals surface area contributed by atoms with E-state index in [4.69, 9.17) is 0 Å². The molecule has 2 aromatic rings. The minimum absolute atomic E-state index is 0.0507. The molecule has 3 rings (SSSR count). The van der Waals surface area contributed by atoms with E-state index in [1.54, 1.807) is 13.8 Å². The van der Waals surface area contributed by atoms with Crippen molar-refractivity contribution in [3.8, 4) is 0 Å². The second kappa shape index (κ2) is 10.1. The molecule has 10 heteroatoms. The topological polar surface area (TPSA) is 108 Å². The molecule has 2 amide bonds. The second-order valence-corrected chi connectivity index (χ2v) is 10.9. The summed E-state index contributed by atoms with van der Waals surface area (Å²) in [5.74, 6) is -0.535. The maximum absolute atomic E-state index is 12.9. The van der Waals surface area contributed by atoms with E-state index in [0.717, 1.165) is 18.5 Å². The highest BCUT2D eigenvalue weighted by Gasteiger charge is 2.29. The van der Waals surface area contributed by atoms with Gasteiger partial charge in [-0.25, -0.2) is 13.4 Å². The summed E-state index contributed by atoms with van der Waals surface area (Å²) in [7, 11) is -3.69. The largest absolute Gasteiger partial charge is 0.340 e. The van der Waals surface area contributed by atoms with Gasteiger partial charge in [0, 0.05) is 30.0 Å². The highest BCUT2D eigenvalue weighted by molar-refractivity contribution is 7.89. The first-order valence-electron chi connectivity index (χ1n) is 10.8. The highest BCUT2D eigenvalue weighted by atomic mass is 32.2. The van der Waals surface area contributed by atoms with E-state index in [1.165, 1.54) is 39.9 Å². The van der Waals surface area contributed by atoms with Gasteiger partial charge in [0.1, 0.15) is 6.04 Å². The lowest BCUT2D eigenvalue weighted by Gasteiger charge is -2.22. The Balaban J connectivity index is 1.73. The van der Waals surface area contributed by atoms with E-state index in [9.17, 15) is 18.0 Å². The Kier molecular flexibility index (Phi) is 7.68. The number of hydrogen-bond donors (Lipinski definition) is 2. The monoisotopic (exact) mass is 478 g/mol. The van der Waals surface area contributed by atoms with E-state index >= 15 is 0 Å². The molecule has 1 aromatic carbocycles. The standard InChI is InChI=1S/C22H30N4O4S2/c1-5-26(6-2)32(29,30)17-9-7-8-16(12-17)20(27)24-19(14(3)4)21(28)25-22-23-18(13-31-22)15-10-11-15/h7-9,12-15,19H,5-6,10-11H2,1-4H3,(H,24,27)(H,23,25,28)/t19-/m0/s1. The molecule has 32 heavy (non-hydrogen) atoms. The zero-order chi connectivity index (χ0) is 23.5. The number of anilines is 1. The number of aromatic nitrogens is 1. The normalized spacial score (nSPS) is 15.1. The summed E-state index contributed by atoms with van der Waals surface area (Å²) < 4.78 is 26.9. The van der Waals surface area contributed by atoms with Crippen molar-refractivity contribution in [1.82, 2.24) is 14.6 Å². The average Bonchev–Trinajstić information content (AvgIpc) is 3.51. The molecule has 0 unspecified atom stereocenters. The van der Waals surface area contributed by atoms with Crippen molar-refractivity contribution in [2.24, 2.45) is 5.92 Å². The molecule has 2 N–H and O–H groups in total. The molecular weight excluding hydrogens is 448 g/mol. The van der Waals surface area contributed by atoms with Gasteiger partial charge in [-0.3, -0.25) is 9.59 Å². The lowest BCUT2D eigenvalue weighted by Crippen LogP contribution is -2.47. The molecule has 8 nitrogen and oxygen atoms in total. The average molecular weight is 479 g/mol. The van der Waals surface area contributed by atoms with Crippen molar-refractivity contribution in [1.29, 1.82) is 0 Å². The minimum Gasteiger partial charge on any atom is -0.340 e. The van der Waals surface area contributed by atoms with Gasteiger partial charge in [-0.1, -0.05) is 33.8 Å². The van der Waals surface area contributed by atoms with Gasteiger partial charge in [0.2, 0.25) is 15.9 Å². The quantitative estimate of drug-likeness (QED) is 0.544. The first-order chi connectivity index (χ1) is 15.2. The SMILES string of the molecule is CCN(CC)S(=O)(=O)c1cccc(C(=O)N[C@H](C(=O)Nc2nc(C3CC3)cs2)C(C)C)c1. The molecule has 1 atom stereocenters. The summed E-state index contributed by atoms with van der Waals surface area (Å²) in [6, 6.07) is 5.09. The van der Waals surface area contributed by atoms with E-state index in [2.05, 4.69) is 15.6 Å². The molecule has 1 aliphatic carbocycles. The van der Waals surface area contributed by atoms with Gasteiger partial charge in [0.05, 0.1) is 10.6 Å². The van der Waals surface area contributed by atoms with E-state index < -0.39 is 22.0 Å². The Morgan fingerprint density at radius 1 is 1.22 bits per heavy atom. The fourth-order valence-corrected chi connectivity index (χ4v) is 5.66. The third-order valence-corrected chi connectivity index (χ3v) is 8.24. The number of rotatable bonds is 10. The number of sulfonamides is 1. The van der Waals surface area contributed by atoms with Crippen molar-refractivity contribution in [3.63, 3.8) is 0 Å². The molecule has 0 spiro atoms. The molecule has 174 valence electrons. The van der Waals surface area contributed by atoms with E-state index in [1.807, 2.05) is 19.2 Å². The molecule has 0 aliphatic heterocycles. The summed E-state index contributed by atoms with van der Waals surface area (Å²) in [5, 5.41) is 8.02. The van der Waals surface area contributed by atoms with Crippen LogP contribution in [0.15, 0.2) is 34.5 Å². The van der Waals surface area contributed by atoms with Crippen LogP contribution in [0.2, 0.25) is 0 Å². The van der Waals surface area contributed by atoms with Gasteiger partial charge in [0.25, 0.3) is 5.91 Å². The van der Waals surface area contributed by atoms with Gasteiger partial charge < -0.3 is 10.6 Å². The van der Waals surface area contributed by atoms with Crippen molar-refractivity contribution in [3.05, 3.63) is 40.9 Å². The third kappa shape index (κ3) is 5.54. The van der Waals surface area contributed by atoms with Crippen LogP contribution in [0, 0.1) is 5.92 Å². The number of carbonyl (C=O) groups is 2. The smallest absolute Gasteiger partial charge is 0.251 e. The number of benzene rings is 1. The summed E-state index contributed by atoms with van der Waals surface area (Å²) in [6.07, 6.45) is 2.26. The zero-order valence-electron chi connectivity index (χ0n) is 18.8. The van der Waals surface area contributed by atoms with Crippen molar-refractivity contribution < 1.29 is 18.0 Å². The molecule has 1 saturated carbocycles. The van der Waals surface area contributed by atoms with Gasteiger partial charge >= 0.3 is 0 Å². The number of nitrogens with one attached hydrogen (secondary N) is 2. The van der Waals surface area contributed by atoms with Gasteiger partial charge in [-0.2, -0.15) is 4.31 Å². The Morgan fingerprint density at radius 3 is 2.50 bits per heavy atom. The van der Waals surface area contributed by atoms with Crippen LogP contribution in [0.5, 0.6) is 0 Å². The minimum atomic E-state index is -3.69. The van der Waals surface area contributed by atoms with Crippen molar-refractivity contribution in [2.75, 3.05) is 18.4 Å². The lowest BCUT2D eigenvalue weighted by molar-refractivity contribution is -0.118. The number of amides is 2. The Hall–Kier alpha value is -2.30. The maximum Gasteiger partial charge on any atom is 0.251 e. The summed E-state index contributed by atoms with van der Waals surface area (Å²) in [4.78, 5) is 30.3. The van der Waals surface area contributed by atoms with Crippen LogP contribution in [0.1, 0.15) is 62.5 Å². The lowest BCUT2D eigenvalue weighted by atomic mass is 10.0. The Bertz CT molecular complexity index is 1070. The van der Waals surface area contributed by atoms with E-state index in [-0.39, 0.29) is 22.3 Å². The van der Waals surface area contributed by atoms with Crippen LogP contribution in [0.3, 0.4) is 0 Å². The van der Waals surface area contributed by atoms with Crippen LogP contribution in [-0.4, -0.2) is 48.7 Å². The van der Waals surface area contributed by atoms with Crippen LogP contribution in [0.4, 0.5) is 5.13 Å². The first kappa shape index (κ1) is 24.3. The molecule has 0 radical (unpaired) electrons. The zero-order valence-corrected chi connectivity index (χ0v) is 20.4. The summed E-state index contributed by atoms with van der Waals surface area (Å²) in [5.41, 5.74) is 1.18. The summed E-state index contributed by atoms with van der Waals surface area (Å²) >= 11 is 1.38. The predicted molar refractivity (Wildman–Crippen MR) is 125 cm³/mol. The number of nitrogens with zero attached hydrogens (tertiary/aromatic N) is 2. The van der Waals surface area contributed by atoms with Crippen LogP contribution >= 0.6 is 11.3 Å². The van der Waals surface area contributed by atoms with Crippen LogP contribution in [0.25, 0.3) is 0 Å². The number of carbonyl (C=O) groups excluding carboxylic acids is 2. The van der Waals surface area contributed by atoms with Crippen molar-refractivity contribution >= 4 is 38.3 Å². The fraction of sp³-hybridized carbons (Fsp3) is 0.500. The molecule has 1 fully saturated rings. The van der Waals surface area contributed by atoms with Gasteiger partial charge in [-0.15, -0.1) is 11.3 Å². The molecule has 1 aliphatic rings. The predicted octanol–water partition coefficient (Wildman–Crippen LogP) is 3.44. The summed E-state index contributed by atoms with van der Waals surface area (Å²) in [6.45, 7) is 7.87. The third-order valence-electron chi connectivity index (χ3n) is 5.42. The Labute approximate surface area is 193 Å². The highest BCUT2D eigenvalue weighted by Crippen LogP contribution is 2.40. The second-order valence-electron chi connectivity index (χ2n) is 8.15. The van der Waals surface area contributed by atoms with Gasteiger partial charge in [0.15, 0.2) is 5.13 Å². The Morgan fingerprint density at radius 2 is 1.91 bits per heavy atom. The fourth-order valence-electron chi connectivity index (χ4n) is 3.36. The number of thiazole rings is 1. The van der Waals surface area contributed by atoms with Crippen molar-refractivity contribution in [2.45, 2.75) is 57.4 Å². The molecule has 1 aromatic heterocycles. The molecule has 1 heterocycles. The van der Waals surface area contributed by atoms with Crippen LogP contribution in [-0.2, 0) is 14.8 Å². The molecular formula is C22H30N4O4S2. The number of hydrogen-bond acceptors (Lipinski definition) is 6. The molecule has 0 bridgehead atoms.